The molecular formula is C14H15N3O2. The van der Waals surface area contributed by atoms with Crippen molar-refractivity contribution in [2.75, 3.05) is 0 Å². The van der Waals surface area contributed by atoms with Crippen LogP contribution in [0.5, 0.6) is 11.5 Å². The third-order valence-corrected chi connectivity index (χ3v) is 2.70. The maximum Gasteiger partial charge on any atom is 0.173 e. The number of pyridine rings is 1. The van der Waals surface area contributed by atoms with E-state index in [1.807, 2.05) is 24.3 Å². The summed E-state index contributed by atoms with van der Waals surface area (Å²) in [7, 11) is 0. The molecule has 0 unspecified atom stereocenters. The van der Waals surface area contributed by atoms with Gasteiger partial charge in [-0.25, -0.2) is 0 Å². The summed E-state index contributed by atoms with van der Waals surface area (Å²) >= 11 is 0. The fraction of sp³-hybridized carbons (Fsp3) is 0.143. The van der Waals surface area contributed by atoms with Crippen molar-refractivity contribution in [1.82, 2.24) is 4.98 Å². The van der Waals surface area contributed by atoms with E-state index in [-0.39, 0.29) is 5.84 Å². The lowest BCUT2D eigenvalue weighted by Gasteiger charge is -2.10. The summed E-state index contributed by atoms with van der Waals surface area (Å²) in [6.07, 6.45) is 4.02. The fourth-order valence-corrected chi connectivity index (χ4v) is 1.68. The van der Waals surface area contributed by atoms with Gasteiger partial charge in [-0.3, -0.25) is 4.98 Å². The first-order chi connectivity index (χ1) is 9.24. The Balaban J connectivity index is 2.33. The normalized spacial score (nSPS) is 11.3. The van der Waals surface area contributed by atoms with E-state index in [2.05, 4.69) is 17.1 Å². The van der Waals surface area contributed by atoms with Crippen molar-refractivity contribution in [3.8, 4) is 11.5 Å². The number of aryl methyl sites for hydroxylation is 1. The molecule has 0 fully saturated rings. The third-order valence-electron chi connectivity index (χ3n) is 2.70. The standard InChI is InChI=1S/C14H15N3O2/c1-2-10-4-3-5-11(8-10)19-13-9-16-7-6-12(13)14(15)17-18/h3-9,18H,2H2,1H3,(H2,15,17). The van der Waals surface area contributed by atoms with Crippen LogP contribution in [0.2, 0.25) is 0 Å². The van der Waals surface area contributed by atoms with Crippen LogP contribution < -0.4 is 10.5 Å². The molecule has 19 heavy (non-hydrogen) atoms. The van der Waals surface area contributed by atoms with Crippen LogP contribution in [0.1, 0.15) is 18.1 Å². The van der Waals surface area contributed by atoms with E-state index < -0.39 is 0 Å². The highest BCUT2D eigenvalue weighted by atomic mass is 16.5. The molecule has 5 heteroatoms. The van der Waals surface area contributed by atoms with Gasteiger partial charge in [-0.05, 0) is 30.2 Å². The third kappa shape index (κ3) is 3.01. The molecule has 0 atom stereocenters. The van der Waals surface area contributed by atoms with E-state index in [1.165, 1.54) is 11.8 Å². The molecule has 0 saturated heterocycles. The number of amidine groups is 1. The van der Waals surface area contributed by atoms with Crippen LogP contribution in [0.15, 0.2) is 47.9 Å². The lowest BCUT2D eigenvalue weighted by molar-refractivity contribution is 0.318. The van der Waals surface area contributed by atoms with E-state index in [4.69, 9.17) is 15.7 Å². The molecule has 0 saturated carbocycles. The summed E-state index contributed by atoms with van der Waals surface area (Å²) in [5.74, 6) is 1.13. The van der Waals surface area contributed by atoms with Crippen LogP contribution in [-0.4, -0.2) is 16.0 Å². The highest BCUT2D eigenvalue weighted by Gasteiger charge is 2.09. The summed E-state index contributed by atoms with van der Waals surface area (Å²) < 4.78 is 5.74. The minimum atomic E-state index is -0.0101. The van der Waals surface area contributed by atoms with Gasteiger partial charge in [0.1, 0.15) is 5.75 Å². The molecule has 98 valence electrons. The molecule has 0 spiro atoms. The molecule has 0 bridgehead atoms. The summed E-state index contributed by atoms with van der Waals surface area (Å²) in [4.78, 5) is 3.98. The summed E-state index contributed by atoms with van der Waals surface area (Å²) in [5.41, 5.74) is 7.27. The van der Waals surface area contributed by atoms with Gasteiger partial charge in [0, 0.05) is 6.20 Å². The van der Waals surface area contributed by atoms with Gasteiger partial charge in [0.25, 0.3) is 0 Å². The van der Waals surface area contributed by atoms with Crippen LogP contribution in [0.4, 0.5) is 0 Å². The quantitative estimate of drug-likeness (QED) is 0.381. The Morgan fingerprint density at radius 1 is 1.42 bits per heavy atom. The lowest BCUT2D eigenvalue weighted by Crippen LogP contribution is -2.14. The van der Waals surface area contributed by atoms with Gasteiger partial charge in [0.05, 0.1) is 11.8 Å². The van der Waals surface area contributed by atoms with Gasteiger partial charge < -0.3 is 15.7 Å². The van der Waals surface area contributed by atoms with E-state index in [9.17, 15) is 0 Å². The molecule has 3 N–H and O–H groups in total. The number of nitrogens with two attached hydrogens (primary N) is 1. The SMILES string of the molecule is CCc1cccc(Oc2cnccc2/C(N)=N/O)c1. The number of oxime groups is 1. The van der Waals surface area contributed by atoms with Crippen LogP contribution in [0, 0.1) is 0 Å². The van der Waals surface area contributed by atoms with E-state index >= 15 is 0 Å². The zero-order valence-corrected chi connectivity index (χ0v) is 10.6. The maximum atomic E-state index is 8.75. The molecule has 2 rings (SSSR count). The van der Waals surface area contributed by atoms with Gasteiger partial charge in [-0.15, -0.1) is 0 Å². The number of ether oxygens (including phenoxy) is 1. The van der Waals surface area contributed by atoms with Crippen LogP contribution in [-0.2, 0) is 6.42 Å². The second kappa shape index (κ2) is 5.86. The van der Waals surface area contributed by atoms with Crippen molar-refractivity contribution in [1.29, 1.82) is 0 Å². The van der Waals surface area contributed by atoms with Crippen LogP contribution >= 0.6 is 0 Å². The van der Waals surface area contributed by atoms with Crippen molar-refractivity contribution >= 4 is 5.84 Å². The van der Waals surface area contributed by atoms with Crippen molar-refractivity contribution in [3.05, 3.63) is 53.9 Å². The Kier molecular flexibility index (Phi) is 3.97. The Morgan fingerprint density at radius 2 is 2.26 bits per heavy atom. The molecule has 5 nitrogen and oxygen atoms in total. The van der Waals surface area contributed by atoms with Crippen molar-refractivity contribution < 1.29 is 9.94 Å². The Morgan fingerprint density at radius 3 is 3.00 bits per heavy atom. The molecule has 0 aliphatic carbocycles. The first kappa shape index (κ1) is 12.9. The highest BCUT2D eigenvalue weighted by Crippen LogP contribution is 2.25. The molecule has 1 heterocycles. The van der Waals surface area contributed by atoms with Gasteiger partial charge in [0.15, 0.2) is 11.6 Å². The molecule has 1 aromatic heterocycles. The molecule has 0 aliphatic rings. The topological polar surface area (TPSA) is 80.7 Å². The Hall–Kier alpha value is -2.56. The number of rotatable bonds is 4. The van der Waals surface area contributed by atoms with Crippen molar-refractivity contribution in [3.63, 3.8) is 0 Å². The molecule has 0 amide bonds. The predicted octanol–water partition coefficient (Wildman–Crippen LogP) is 2.53. The van der Waals surface area contributed by atoms with E-state index in [1.54, 1.807) is 12.3 Å². The van der Waals surface area contributed by atoms with E-state index in [0.29, 0.717) is 17.1 Å². The maximum absolute atomic E-state index is 8.75. The van der Waals surface area contributed by atoms with Gasteiger partial charge in [-0.2, -0.15) is 0 Å². The summed E-state index contributed by atoms with van der Waals surface area (Å²) in [5, 5.41) is 11.7. The zero-order chi connectivity index (χ0) is 13.7. The molecule has 1 aromatic carbocycles. The van der Waals surface area contributed by atoms with Crippen LogP contribution in [0.25, 0.3) is 0 Å². The van der Waals surface area contributed by atoms with Gasteiger partial charge in [0.2, 0.25) is 0 Å². The molecule has 0 radical (unpaired) electrons. The smallest absolute Gasteiger partial charge is 0.173 e. The minimum absolute atomic E-state index is 0.0101. The fourth-order valence-electron chi connectivity index (χ4n) is 1.68. The molecular weight excluding hydrogens is 242 g/mol. The lowest BCUT2D eigenvalue weighted by atomic mass is 10.1. The average Bonchev–Trinajstić information content (AvgIpc) is 2.47. The molecule has 0 aliphatic heterocycles. The second-order valence-corrected chi connectivity index (χ2v) is 3.96. The van der Waals surface area contributed by atoms with Gasteiger partial charge in [-0.1, -0.05) is 24.2 Å². The Bertz CT molecular complexity index is 597. The minimum Gasteiger partial charge on any atom is -0.455 e. The highest BCUT2D eigenvalue weighted by molar-refractivity contribution is 5.99. The van der Waals surface area contributed by atoms with E-state index in [0.717, 1.165) is 6.42 Å². The van der Waals surface area contributed by atoms with Crippen molar-refractivity contribution in [2.45, 2.75) is 13.3 Å². The number of hydrogen-bond acceptors (Lipinski definition) is 4. The zero-order valence-electron chi connectivity index (χ0n) is 10.6. The van der Waals surface area contributed by atoms with Crippen LogP contribution in [0.3, 0.4) is 0 Å². The Labute approximate surface area is 111 Å². The largest absolute Gasteiger partial charge is 0.455 e. The van der Waals surface area contributed by atoms with Crippen molar-refractivity contribution in [2.24, 2.45) is 10.9 Å². The second-order valence-electron chi connectivity index (χ2n) is 3.96. The monoisotopic (exact) mass is 257 g/mol. The first-order valence-electron chi connectivity index (χ1n) is 5.93. The first-order valence-corrected chi connectivity index (χ1v) is 5.93. The summed E-state index contributed by atoms with van der Waals surface area (Å²) in [6, 6.07) is 9.38. The average molecular weight is 257 g/mol. The number of hydrogen-bond donors (Lipinski definition) is 2. The predicted molar refractivity (Wildman–Crippen MR) is 72.6 cm³/mol. The number of nitrogens with zero attached hydrogens (tertiary/aromatic N) is 2. The number of benzene rings is 1. The molecule has 2 aromatic rings. The van der Waals surface area contributed by atoms with Gasteiger partial charge >= 0.3 is 0 Å². The summed E-state index contributed by atoms with van der Waals surface area (Å²) in [6.45, 7) is 2.07. The number of aromatic nitrogens is 1.